The average Bonchev–Trinajstić information content (AvgIpc) is 2.64. The second kappa shape index (κ2) is 16.8. The molecule has 0 aliphatic carbocycles. The van der Waals surface area contributed by atoms with Gasteiger partial charge in [-0.25, -0.2) is 0 Å². The molecular formula is C21H42N2O2. The summed E-state index contributed by atoms with van der Waals surface area (Å²) in [5.41, 5.74) is 0. The van der Waals surface area contributed by atoms with Crippen LogP contribution in [-0.2, 0) is 9.53 Å². The van der Waals surface area contributed by atoms with E-state index in [0.29, 0.717) is 13.2 Å². The highest BCUT2D eigenvalue weighted by molar-refractivity contribution is 5.69. The standard InChI is InChI=1S/C21H42N2O2/c1-2-3-4-5-6-7-8-9-10-11-12-13-14-15-21(24)25-20-23-18-16-22-17-19-23/h22H,2-20H2,1H3. The number of esters is 1. The van der Waals surface area contributed by atoms with Crippen LogP contribution in [0.4, 0.5) is 0 Å². The summed E-state index contributed by atoms with van der Waals surface area (Å²) < 4.78 is 5.35. The normalized spacial score (nSPS) is 15.4. The maximum Gasteiger partial charge on any atom is 0.307 e. The fourth-order valence-electron chi connectivity index (χ4n) is 3.36. The molecule has 1 aliphatic rings. The van der Waals surface area contributed by atoms with Gasteiger partial charge in [0, 0.05) is 32.6 Å². The third-order valence-corrected chi connectivity index (χ3v) is 5.10. The Hall–Kier alpha value is -0.610. The molecule has 0 radical (unpaired) electrons. The summed E-state index contributed by atoms with van der Waals surface area (Å²) in [7, 11) is 0. The van der Waals surface area contributed by atoms with Crippen LogP contribution in [0.1, 0.15) is 96.8 Å². The number of carbonyl (C=O) groups is 1. The fourth-order valence-corrected chi connectivity index (χ4v) is 3.36. The summed E-state index contributed by atoms with van der Waals surface area (Å²) in [5.74, 6) is -0.0263. The van der Waals surface area contributed by atoms with Crippen LogP contribution in [0.2, 0.25) is 0 Å². The predicted octanol–water partition coefficient (Wildman–Crippen LogP) is 4.87. The maximum absolute atomic E-state index is 11.7. The molecule has 1 heterocycles. The molecule has 1 saturated heterocycles. The van der Waals surface area contributed by atoms with Crippen LogP contribution in [0.15, 0.2) is 0 Å². The number of hydrogen-bond acceptors (Lipinski definition) is 4. The molecule has 1 fully saturated rings. The maximum atomic E-state index is 11.7. The SMILES string of the molecule is CCCCCCCCCCCCCCCC(=O)OCN1CCNCC1. The number of hydrogen-bond donors (Lipinski definition) is 1. The van der Waals surface area contributed by atoms with Crippen molar-refractivity contribution in [2.24, 2.45) is 0 Å². The van der Waals surface area contributed by atoms with E-state index in [1.54, 1.807) is 0 Å². The second-order valence-corrected chi connectivity index (χ2v) is 7.51. The molecule has 4 nitrogen and oxygen atoms in total. The summed E-state index contributed by atoms with van der Waals surface area (Å²) in [6, 6.07) is 0. The van der Waals surface area contributed by atoms with Crippen molar-refractivity contribution in [3.05, 3.63) is 0 Å². The molecule has 1 N–H and O–H groups in total. The lowest BCUT2D eigenvalue weighted by Crippen LogP contribution is -2.44. The minimum Gasteiger partial charge on any atom is -0.449 e. The van der Waals surface area contributed by atoms with Crippen LogP contribution in [0.5, 0.6) is 0 Å². The van der Waals surface area contributed by atoms with Crippen molar-refractivity contribution in [1.29, 1.82) is 0 Å². The van der Waals surface area contributed by atoms with Gasteiger partial charge in [0.25, 0.3) is 0 Å². The first-order valence-electron chi connectivity index (χ1n) is 10.9. The van der Waals surface area contributed by atoms with Crippen LogP contribution >= 0.6 is 0 Å². The monoisotopic (exact) mass is 354 g/mol. The molecule has 25 heavy (non-hydrogen) atoms. The summed E-state index contributed by atoms with van der Waals surface area (Å²) in [6.45, 7) is 6.69. The Balaban J connectivity index is 1.75. The molecular weight excluding hydrogens is 312 g/mol. The Morgan fingerprint density at radius 1 is 0.800 bits per heavy atom. The molecule has 0 amide bonds. The molecule has 0 aromatic carbocycles. The molecule has 0 aromatic rings. The third-order valence-electron chi connectivity index (χ3n) is 5.10. The first kappa shape index (κ1) is 22.4. The number of piperazine rings is 1. The fraction of sp³-hybridized carbons (Fsp3) is 0.952. The Morgan fingerprint density at radius 3 is 1.80 bits per heavy atom. The number of ether oxygens (including phenoxy) is 1. The predicted molar refractivity (Wildman–Crippen MR) is 106 cm³/mol. The average molecular weight is 355 g/mol. The van der Waals surface area contributed by atoms with Crippen LogP contribution < -0.4 is 5.32 Å². The van der Waals surface area contributed by atoms with Gasteiger partial charge in [-0.1, -0.05) is 84.0 Å². The lowest BCUT2D eigenvalue weighted by molar-refractivity contribution is -0.148. The Bertz CT molecular complexity index is 304. The highest BCUT2D eigenvalue weighted by Gasteiger charge is 2.11. The molecule has 0 aromatic heterocycles. The quantitative estimate of drug-likeness (QED) is 0.317. The van der Waals surface area contributed by atoms with Crippen molar-refractivity contribution in [3.63, 3.8) is 0 Å². The summed E-state index contributed by atoms with van der Waals surface area (Å²) in [5, 5.41) is 3.30. The van der Waals surface area contributed by atoms with E-state index in [1.807, 2.05) is 0 Å². The van der Waals surface area contributed by atoms with Gasteiger partial charge in [0.2, 0.25) is 0 Å². The molecule has 0 unspecified atom stereocenters. The topological polar surface area (TPSA) is 41.6 Å². The van der Waals surface area contributed by atoms with E-state index < -0.39 is 0 Å². The Kier molecular flexibility index (Phi) is 15.1. The lowest BCUT2D eigenvalue weighted by Gasteiger charge is -2.26. The first-order chi connectivity index (χ1) is 12.3. The van der Waals surface area contributed by atoms with Gasteiger partial charge in [0.15, 0.2) is 0 Å². The van der Waals surface area contributed by atoms with Gasteiger partial charge in [-0.2, -0.15) is 0 Å². The van der Waals surface area contributed by atoms with Gasteiger partial charge >= 0.3 is 5.97 Å². The van der Waals surface area contributed by atoms with Gasteiger partial charge in [-0.05, 0) is 6.42 Å². The molecule has 1 aliphatic heterocycles. The number of nitrogens with one attached hydrogen (secondary N) is 1. The van der Waals surface area contributed by atoms with Crippen LogP contribution in [0.3, 0.4) is 0 Å². The molecule has 0 atom stereocenters. The number of carbonyl (C=O) groups excluding carboxylic acids is 1. The largest absolute Gasteiger partial charge is 0.449 e. The minimum atomic E-state index is -0.0263. The van der Waals surface area contributed by atoms with E-state index in [2.05, 4.69) is 17.1 Å². The van der Waals surface area contributed by atoms with Crippen molar-refractivity contribution in [3.8, 4) is 0 Å². The summed E-state index contributed by atoms with van der Waals surface area (Å²) >= 11 is 0. The Morgan fingerprint density at radius 2 is 1.28 bits per heavy atom. The summed E-state index contributed by atoms with van der Waals surface area (Å²) in [6.07, 6.45) is 17.9. The van der Waals surface area contributed by atoms with Crippen LogP contribution in [-0.4, -0.2) is 43.8 Å². The van der Waals surface area contributed by atoms with Gasteiger partial charge in [-0.3, -0.25) is 9.69 Å². The third kappa shape index (κ3) is 14.3. The van der Waals surface area contributed by atoms with Gasteiger partial charge in [-0.15, -0.1) is 0 Å². The van der Waals surface area contributed by atoms with Crippen molar-refractivity contribution in [2.45, 2.75) is 96.8 Å². The number of nitrogens with zero attached hydrogens (tertiary/aromatic N) is 1. The van der Waals surface area contributed by atoms with E-state index in [9.17, 15) is 4.79 Å². The van der Waals surface area contributed by atoms with Crippen LogP contribution in [0, 0.1) is 0 Å². The van der Waals surface area contributed by atoms with Crippen molar-refractivity contribution in [1.82, 2.24) is 10.2 Å². The van der Waals surface area contributed by atoms with E-state index >= 15 is 0 Å². The zero-order chi connectivity index (χ0) is 18.0. The van der Waals surface area contributed by atoms with Crippen molar-refractivity contribution in [2.75, 3.05) is 32.9 Å². The van der Waals surface area contributed by atoms with E-state index in [-0.39, 0.29) is 5.97 Å². The number of unbranched alkanes of at least 4 members (excludes halogenated alkanes) is 12. The van der Waals surface area contributed by atoms with Gasteiger partial charge in [0.1, 0.15) is 6.73 Å². The molecule has 0 bridgehead atoms. The minimum absolute atomic E-state index is 0.0263. The number of rotatable bonds is 16. The van der Waals surface area contributed by atoms with E-state index in [1.165, 1.54) is 77.0 Å². The van der Waals surface area contributed by atoms with Gasteiger partial charge < -0.3 is 10.1 Å². The molecule has 1 rings (SSSR count). The molecule has 148 valence electrons. The van der Waals surface area contributed by atoms with E-state index in [4.69, 9.17) is 4.74 Å². The van der Waals surface area contributed by atoms with Gasteiger partial charge in [0.05, 0.1) is 0 Å². The van der Waals surface area contributed by atoms with Crippen LogP contribution in [0.25, 0.3) is 0 Å². The smallest absolute Gasteiger partial charge is 0.307 e. The van der Waals surface area contributed by atoms with Crippen molar-refractivity contribution < 1.29 is 9.53 Å². The molecule has 0 saturated carbocycles. The summed E-state index contributed by atoms with van der Waals surface area (Å²) in [4.78, 5) is 13.9. The Labute approximate surface area is 156 Å². The highest BCUT2D eigenvalue weighted by Crippen LogP contribution is 2.13. The molecule has 0 spiro atoms. The first-order valence-corrected chi connectivity index (χ1v) is 10.9. The van der Waals surface area contributed by atoms with Crippen molar-refractivity contribution >= 4 is 5.97 Å². The van der Waals surface area contributed by atoms with E-state index in [0.717, 1.165) is 32.6 Å². The zero-order valence-electron chi connectivity index (χ0n) is 16.7. The zero-order valence-corrected chi connectivity index (χ0v) is 16.7. The molecule has 4 heteroatoms. The highest BCUT2D eigenvalue weighted by atomic mass is 16.5. The lowest BCUT2D eigenvalue weighted by atomic mass is 10.0. The second-order valence-electron chi connectivity index (χ2n) is 7.51.